The van der Waals surface area contributed by atoms with Crippen LogP contribution in [0.15, 0.2) is 29.1 Å². The summed E-state index contributed by atoms with van der Waals surface area (Å²) in [5, 5.41) is 0.755. The van der Waals surface area contributed by atoms with E-state index in [9.17, 15) is 9.59 Å². The molecule has 1 aliphatic carbocycles. The van der Waals surface area contributed by atoms with Gasteiger partial charge in [0.2, 0.25) is 5.91 Å². The van der Waals surface area contributed by atoms with E-state index in [0.717, 1.165) is 40.8 Å². The molecule has 1 aromatic carbocycles. The zero-order valence-electron chi connectivity index (χ0n) is 16.8. The zero-order chi connectivity index (χ0) is 20.4. The summed E-state index contributed by atoms with van der Waals surface area (Å²) in [4.78, 5) is 36.4. The number of aryl methyl sites for hydroxylation is 3. The summed E-state index contributed by atoms with van der Waals surface area (Å²) in [5.74, 6) is 1.44. The Bertz CT molecular complexity index is 1090. The van der Waals surface area contributed by atoms with Gasteiger partial charge in [0.1, 0.15) is 16.4 Å². The van der Waals surface area contributed by atoms with Crippen LogP contribution in [0.3, 0.4) is 0 Å². The van der Waals surface area contributed by atoms with Crippen LogP contribution in [0.1, 0.15) is 41.6 Å². The van der Waals surface area contributed by atoms with Gasteiger partial charge in [0.25, 0.3) is 5.56 Å². The van der Waals surface area contributed by atoms with Gasteiger partial charge in [-0.25, -0.2) is 4.98 Å². The van der Waals surface area contributed by atoms with Crippen molar-refractivity contribution in [2.24, 2.45) is 0 Å². The Morgan fingerprint density at radius 3 is 2.83 bits per heavy atom. The number of hydrogen-bond acceptors (Lipinski definition) is 5. The molecule has 152 valence electrons. The fourth-order valence-corrected chi connectivity index (χ4v) is 5.08. The lowest BCUT2D eigenvalue weighted by molar-refractivity contribution is -0.130. The fourth-order valence-electron chi connectivity index (χ4n) is 3.80. The number of hydrogen-bond donors (Lipinski definition) is 1. The van der Waals surface area contributed by atoms with Gasteiger partial charge < -0.3 is 14.6 Å². The molecule has 0 unspecified atom stereocenters. The van der Waals surface area contributed by atoms with E-state index in [1.54, 1.807) is 23.3 Å². The number of thiophene rings is 1. The molecule has 1 aliphatic rings. The maximum absolute atomic E-state index is 12.5. The number of aromatic nitrogens is 2. The number of ether oxygens (including phenoxy) is 1. The number of nitrogens with one attached hydrogen (secondary N) is 1. The second-order valence-corrected chi connectivity index (χ2v) is 8.46. The van der Waals surface area contributed by atoms with Crippen LogP contribution in [-0.4, -0.2) is 34.4 Å². The molecule has 0 saturated heterocycles. The highest BCUT2D eigenvalue weighted by atomic mass is 32.1. The predicted octanol–water partition coefficient (Wildman–Crippen LogP) is 3.46. The Hall–Kier alpha value is -2.67. The van der Waals surface area contributed by atoms with Crippen molar-refractivity contribution in [3.63, 3.8) is 0 Å². The summed E-state index contributed by atoms with van der Waals surface area (Å²) >= 11 is 1.62. The smallest absolute Gasteiger partial charge is 0.259 e. The summed E-state index contributed by atoms with van der Waals surface area (Å²) in [7, 11) is 1.79. The quantitative estimate of drug-likeness (QED) is 0.646. The van der Waals surface area contributed by atoms with Crippen molar-refractivity contribution in [2.75, 3.05) is 13.7 Å². The lowest BCUT2D eigenvalue weighted by Gasteiger charge is -2.17. The highest BCUT2D eigenvalue weighted by Gasteiger charge is 2.21. The standard InChI is InChI=1S/C22H25N3O3S/c1-3-28-15-9-7-14(8-10-15)13-25(2)19(26)12-11-18-23-21(27)20-16-5-4-6-17(16)29-22(20)24-18/h7-10H,3-6,11-13H2,1-2H3,(H,23,24,27). The molecule has 2 heterocycles. The summed E-state index contributed by atoms with van der Waals surface area (Å²) in [5.41, 5.74) is 2.15. The SMILES string of the molecule is CCOc1ccc(CN(C)C(=O)CCc2nc3sc4c(c3c(=O)[nH]2)CCC4)cc1. The highest BCUT2D eigenvalue weighted by Crippen LogP contribution is 2.34. The largest absolute Gasteiger partial charge is 0.494 e. The molecule has 1 amide bonds. The number of benzene rings is 1. The monoisotopic (exact) mass is 411 g/mol. The van der Waals surface area contributed by atoms with Crippen LogP contribution in [0.2, 0.25) is 0 Å². The van der Waals surface area contributed by atoms with Crippen molar-refractivity contribution in [2.45, 2.75) is 45.6 Å². The van der Waals surface area contributed by atoms with Gasteiger partial charge >= 0.3 is 0 Å². The van der Waals surface area contributed by atoms with Crippen LogP contribution in [0.25, 0.3) is 10.2 Å². The van der Waals surface area contributed by atoms with E-state index in [4.69, 9.17) is 4.74 Å². The minimum Gasteiger partial charge on any atom is -0.494 e. The molecule has 0 spiro atoms. The van der Waals surface area contributed by atoms with Crippen LogP contribution >= 0.6 is 11.3 Å². The molecule has 0 atom stereocenters. The summed E-state index contributed by atoms with van der Waals surface area (Å²) in [6, 6.07) is 7.77. The predicted molar refractivity (Wildman–Crippen MR) is 115 cm³/mol. The van der Waals surface area contributed by atoms with Crippen molar-refractivity contribution >= 4 is 27.5 Å². The van der Waals surface area contributed by atoms with Crippen molar-refractivity contribution < 1.29 is 9.53 Å². The van der Waals surface area contributed by atoms with Gasteiger partial charge in [-0.15, -0.1) is 11.3 Å². The molecule has 0 saturated carbocycles. The highest BCUT2D eigenvalue weighted by molar-refractivity contribution is 7.18. The molecule has 7 heteroatoms. The van der Waals surface area contributed by atoms with E-state index in [0.29, 0.717) is 31.8 Å². The summed E-state index contributed by atoms with van der Waals surface area (Å²) < 4.78 is 5.45. The first-order chi connectivity index (χ1) is 14.0. The first kappa shape index (κ1) is 19.6. The topological polar surface area (TPSA) is 75.3 Å². The number of fused-ring (bicyclic) bond motifs is 3. The molecule has 0 bridgehead atoms. The van der Waals surface area contributed by atoms with Crippen molar-refractivity contribution in [3.8, 4) is 5.75 Å². The maximum Gasteiger partial charge on any atom is 0.259 e. The Labute approximate surface area is 173 Å². The van der Waals surface area contributed by atoms with E-state index in [1.165, 1.54) is 10.4 Å². The molecule has 2 aromatic heterocycles. The third kappa shape index (κ3) is 4.19. The normalized spacial score (nSPS) is 12.9. The van der Waals surface area contributed by atoms with Crippen molar-refractivity contribution in [3.05, 3.63) is 56.4 Å². The third-order valence-electron chi connectivity index (χ3n) is 5.28. The second-order valence-electron chi connectivity index (χ2n) is 7.38. The van der Waals surface area contributed by atoms with E-state index >= 15 is 0 Å². The average Bonchev–Trinajstić information content (AvgIpc) is 3.28. The summed E-state index contributed by atoms with van der Waals surface area (Å²) in [6.45, 7) is 3.12. The fraction of sp³-hybridized carbons (Fsp3) is 0.409. The first-order valence-electron chi connectivity index (χ1n) is 10.0. The van der Waals surface area contributed by atoms with Crippen LogP contribution < -0.4 is 10.3 Å². The number of carbonyl (C=O) groups is 1. The molecule has 6 nitrogen and oxygen atoms in total. The minimum atomic E-state index is -0.0698. The number of nitrogens with zero attached hydrogens (tertiary/aromatic N) is 2. The van der Waals surface area contributed by atoms with Crippen molar-refractivity contribution in [1.29, 1.82) is 0 Å². The molecule has 1 N–H and O–H groups in total. The average molecular weight is 412 g/mol. The molecule has 29 heavy (non-hydrogen) atoms. The lowest BCUT2D eigenvalue weighted by Crippen LogP contribution is -2.26. The molecule has 4 rings (SSSR count). The Morgan fingerprint density at radius 2 is 2.07 bits per heavy atom. The second kappa shape index (κ2) is 8.37. The number of rotatable bonds is 7. The Kier molecular flexibility index (Phi) is 5.67. The Morgan fingerprint density at radius 1 is 1.28 bits per heavy atom. The van der Waals surface area contributed by atoms with E-state index in [1.807, 2.05) is 31.2 Å². The number of amides is 1. The van der Waals surface area contributed by atoms with Crippen LogP contribution in [-0.2, 0) is 30.6 Å². The van der Waals surface area contributed by atoms with Gasteiger partial charge in [0.05, 0.1) is 12.0 Å². The third-order valence-corrected chi connectivity index (χ3v) is 6.47. The molecular weight excluding hydrogens is 386 g/mol. The number of carbonyl (C=O) groups excluding carboxylic acids is 1. The van der Waals surface area contributed by atoms with Crippen LogP contribution in [0.5, 0.6) is 5.75 Å². The maximum atomic E-state index is 12.5. The van der Waals surface area contributed by atoms with Gasteiger partial charge in [-0.1, -0.05) is 12.1 Å². The van der Waals surface area contributed by atoms with E-state index < -0.39 is 0 Å². The Balaban J connectivity index is 1.38. The van der Waals surface area contributed by atoms with Gasteiger partial charge in [-0.3, -0.25) is 9.59 Å². The molecule has 0 fully saturated rings. The van der Waals surface area contributed by atoms with Gasteiger partial charge in [-0.2, -0.15) is 0 Å². The molecule has 0 radical (unpaired) electrons. The molecular formula is C22H25N3O3S. The van der Waals surface area contributed by atoms with Gasteiger partial charge in [0, 0.05) is 31.3 Å². The number of aromatic amines is 1. The van der Waals surface area contributed by atoms with E-state index in [-0.39, 0.29) is 11.5 Å². The zero-order valence-corrected chi connectivity index (χ0v) is 17.6. The van der Waals surface area contributed by atoms with E-state index in [2.05, 4.69) is 9.97 Å². The lowest BCUT2D eigenvalue weighted by atomic mass is 10.2. The first-order valence-corrected chi connectivity index (χ1v) is 10.9. The molecule has 3 aromatic rings. The van der Waals surface area contributed by atoms with Crippen LogP contribution in [0.4, 0.5) is 0 Å². The molecule has 0 aliphatic heterocycles. The summed E-state index contributed by atoms with van der Waals surface area (Å²) in [6.07, 6.45) is 3.87. The van der Waals surface area contributed by atoms with Crippen molar-refractivity contribution in [1.82, 2.24) is 14.9 Å². The van der Waals surface area contributed by atoms with Gasteiger partial charge in [0.15, 0.2) is 0 Å². The van der Waals surface area contributed by atoms with Crippen LogP contribution in [0, 0.1) is 0 Å². The van der Waals surface area contributed by atoms with Gasteiger partial charge in [-0.05, 0) is 49.4 Å². The minimum absolute atomic E-state index is 0.0234. The number of H-pyrrole nitrogens is 1.